The lowest BCUT2D eigenvalue weighted by Gasteiger charge is -2.11. The summed E-state index contributed by atoms with van der Waals surface area (Å²) in [4.78, 5) is 30.4. The number of benzene rings is 1. The van der Waals surface area contributed by atoms with E-state index in [9.17, 15) is 9.59 Å². The van der Waals surface area contributed by atoms with E-state index in [1.807, 2.05) is 19.0 Å². The first-order valence-corrected chi connectivity index (χ1v) is 8.94. The number of carbonyl (C=O) groups is 2. The van der Waals surface area contributed by atoms with Gasteiger partial charge in [-0.1, -0.05) is 6.07 Å². The van der Waals surface area contributed by atoms with Crippen molar-refractivity contribution in [2.45, 2.75) is 0 Å². The summed E-state index contributed by atoms with van der Waals surface area (Å²) in [6.45, 7) is 1.85. The summed E-state index contributed by atoms with van der Waals surface area (Å²) in [5.41, 5.74) is 0.394. The molecule has 2 N–H and O–H groups in total. The SMILES string of the molecule is COc1ccc(OCCNC(=O)c2cccc(C(=O)NCCN(C)C)n2)cc1. The van der Waals surface area contributed by atoms with E-state index in [1.165, 1.54) is 0 Å². The fraction of sp³-hybridized carbons (Fsp3) is 0.350. The van der Waals surface area contributed by atoms with E-state index in [2.05, 4.69) is 15.6 Å². The maximum absolute atomic E-state index is 12.2. The zero-order valence-corrected chi connectivity index (χ0v) is 16.4. The van der Waals surface area contributed by atoms with Crippen LogP contribution in [0.4, 0.5) is 0 Å². The number of nitrogens with one attached hydrogen (secondary N) is 2. The fourth-order valence-electron chi connectivity index (χ4n) is 2.27. The van der Waals surface area contributed by atoms with E-state index in [1.54, 1.807) is 49.6 Å². The first-order valence-electron chi connectivity index (χ1n) is 8.94. The monoisotopic (exact) mass is 386 g/mol. The Labute approximate surface area is 164 Å². The van der Waals surface area contributed by atoms with Crippen LogP contribution in [-0.2, 0) is 0 Å². The number of pyridine rings is 1. The molecule has 150 valence electrons. The predicted molar refractivity (Wildman–Crippen MR) is 106 cm³/mol. The van der Waals surface area contributed by atoms with Crippen molar-refractivity contribution in [2.24, 2.45) is 0 Å². The van der Waals surface area contributed by atoms with Crippen LogP contribution in [0.1, 0.15) is 21.0 Å². The third-order valence-corrected chi connectivity index (χ3v) is 3.77. The molecule has 8 nitrogen and oxygen atoms in total. The standard InChI is InChI=1S/C20H26N4O4/c1-24(2)13-11-21-19(25)17-5-4-6-18(23-17)20(26)22-12-14-28-16-9-7-15(27-3)8-10-16/h4-10H,11-14H2,1-3H3,(H,21,25)(H,22,26). The molecular weight excluding hydrogens is 360 g/mol. The second-order valence-corrected chi connectivity index (χ2v) is 6.25. The van der Waals surface area contributed by atoms with Gasteiger partial charge in [0.05, 0.1) is 13.7 Å². The molecule has 0 unspecified atom stereocenters. The Kier molecular flexibility index (Phi) is 8.23. The van der Waals surface area contributed by atoms with Crippen LogP contribution in [-0.4, -0.2) is 69.1 Å². The van der Waals surface area contributed by atoms with Gasteiger partial charge in [0.1, 0.15) is 29.5 Å². The van der Waals surface area contributed by atoms with Crippen molar-refractivity contribution in [3.05, 3.63) is 53.9 Å². The Morgan fingerprint density at radius 2 is 1.50 bits per heavy atom. The summed E-state index contributed by atoms with van der Waals surface area (Å²) >= 11 is 0. The molecule has 0 aliphatic rings. The van der Waals surface area contributed by atoms with Crippen LogP contribution in [0.3, 0.4) is 0 Å². The van der Waals surface area contributed by atoms with Crippen LogP contribution in [0.15, 0.2) is 42.5 Å². The molecule has 0 saturated heterocycles. The summed E-state index contributed by atoms with van der Waals surface area (Å²) < 4.78 is 10.6. The molecular formula is C20H26N4O4. The Balaban J connectivity index is 1.79. The van der Waals surface area contributed by atoms with E-state index in [-0.39, 0.29) is 23.2 Å². The van der Waals surface area contributed by atoms with Gasteiger partial charge in [-0.15, -0.1) is 0 Å². The van der Waals surface area contributed by atoms with Crippen molar-refractivity contribution in [2.75, 3.05) is 47.4 Å². The molecule has 8 heteroatoms. The third-order valence-electron chi connectivity index (χ3n) is 3.77. The average molecular weight is 386 g/mol. The zero-order valence-electron chi connectivity index (χ0n) is 16.4. The van der Waals surface area contributed by atoms with Gasteiger partial charge in [0.25, 0.3) is 11.8 Å². The van der Waals surface area contributed by atoms with Gasteiger partial charge in [-0.25, -0.2) is 4.98 Å². The van der Waals surface area contributed by atoms with Crippen LogP contribution in [0.25, 0.3) is 0 Å². The van der Waals surface area contributed by atoms with Gasteiger partial charge in [-0.3, -0.25) is 9.59 Å². The van der Waals surface area contributed by atoms with Crippen molar-refractivity contribution in [1.29, 1.82) is 0 Å². The van der Waals surface area contributed by atoms with Gasteiger partial charge in [-0.2, -0.15) is 0 Å². The highest BCUT2D eigenvalue weighted by atomic mass is 16.5. The van der Waals surface area contributed by atoms with E-state index in [4.69, 9.17) is 9.47 Å². The first kappa shape index (κ1) is 21.2. The third kappa shape index (κ3) is 6.88. The van der Waals surface area contributed by atoms with Crippen molar-refractivity contribution in [1.82, 2.24) is 20.5 Å². The van der Waals surface area contributed by atoms with Gasteiger partial charge in [0.15, 0.2) is 0 Å². The van der Waals surface area contributed by atoms with Crippen LogP contribution in [0.2, 0.25) is 0 Å². The zero-order chi connectivity index (χ0) is 20.4. The molecule has 2 aromatic rings. The lowest BCUT2D eigenvalue weighted by molar-refractivity contribution is 0.0939. The van der Waals surface area contributed by atoms with Gasteiger partial charge in [0.2, 0.25) is 0 Å². The maximum atomic E-state index is 12.2. The number of rotatable bonds is 10. The van der Waals surface area contributed by atoms with Crippen molar-refractivity contribution >= 4 is 11.8 Å². The molecule has 28 heavy (non-hydrogen) atoms. The predicted octanol–water partition coefficient (Wildman–Crippen LogP) is 1.19. The molecule has 1 aromatic carbocycles. The maximum Gasteiger partial charge on any atom is 0.270 e. The average Bonchev–Trinajstić information content (AvgIpc) is 2.71. The number of likely N-dealkylation sites (N-methyl/N-ethyl adjacent to an activating group) is 1. The van der Waals surface area contributed by atoms with E-state index >= 15 is 0 Å². The highest BCUT2D eigenvalue weighted by molar-refractivity contribution is 5.96. The minimum atomic E-state index is -0.360. The minimum absolute atomic E-state index is 0.185. The Bertz CT molecular complexity index is 778. The molecule has 0 spiro atoms. The summed E-state index contributed by atoms with van der Waals surface area (Å²) in [5, 5.41) is 5.50. The lowest BCUT2D eigenvalue weighted by atomic mass is 10.2. The number of methoxy groups -OCH3 is 1. The Morgan fingerprint density at radius 3 is 2.07 bits per heavy atom. The highest BCUT2D eigenvalue weighted by Crippen LogP contribution is 2.16. The number of amides is 2. The summed E-state index contributed by atoms with van der Waals surface area (Å²) in [7, 11) is 5.45. The second kappa shape index (κ2) is 10.9. The topological polar surface area (TPSA) is 92.8 Å². The lowest BCUT2D eigenvalue weighted by Crippen LogP contribution is -2.33. The van der Waals surface area contributed by atoms with E-state index < -0.39 is 0 Å². The van der Waals surface area contributed by atoms with Gasteiger partial charge in [-0.05, 0) is 50.5 Å². The molecule has 0 aliphatic carbocycles. The summed E-state index contributed by atoms with van der Waals surface area (Å²) in [6.07, 6.45) is 0. The summed E-state index contributed by atoms with van der Waals surface area (Å²) in [5.74, 6) is 0.766. The number of aromatic nitrogens is 1. The smallest absolute Gasteiger partial charge is 0.270 e. The molecule has 0 saturated carbocycles. The number of carbonyl (C=O) groups excluding carboxylic acids is 2. The molecule has 0 radical (unpaired) electrons. The molecule has 0 bridgehead atoms. The molecule has 1 aromatic heterocycles. The molecule has 1 heterocycles. The quantitative estimate of drug-likeness (QED) is 0.596. The van der Waals surface area contributed by atoms with Crippen LogP contribution < -0.4 is 20.1 Å². The van der Waals surface area contributed by atoms with E-state index in [0.717, 1.165) is 12.3 Å². The molecule has 2 rings (SSSR count). The number of ether oxygens (including phenoxy) is 2. The normalized spacial score (nSPS) is 10.4. The molecule has 2 amide bonds. The van der Waals surface area contributed by atoms with Crippen LogP contribution in [0.5, 0.6) is 11.5 Å². The van der Waals surface area contributed by atoms with Crippen LogP contribution >= 0.6 is 0 Å². The largest absolute Gasteiger partial charge is 0.497 e. The first-order chi connectivity index (χ1) is 13.5. The van der Waals surface area contributed by atoms with Gasteiger partial charge in [0, 0.05) is 13.1 Å². The minimum Gasteiger partial charge on any atom is -0.497 e. The van der Waals surface area contributed by atoms with Crippen molar-refractivity contribution in [3.63, 3.8) is 0 Å². The number of nitrogens with zero attached hydrogens (tertiary/aromatic N) is 2. The number of hydrogen-bond acceptors (Lipinski definition) is 6. The fourth-order valence-corrected chi connectivity index (χ4v) is 2.27. The van der Waals surface area contributed by atoms with Crippen molar-refractivity contribution < 1.29 is 19.1 Å². The summed E-state index contributed by atoms with van der Waals surface area (Å²) in [6, 6.07) is 12.0. The molecule has 0 aliphatic heterocycles. The van der Waals surface area contributed by atoms with Crippen molar-refractivity contribution in [3.8, 4) is 11.5 Å². The van der Waals surface area contributed by atoms with Gasteiger partial charge >= 0.3 is 0 Å². The molecule has 0 fully saturated rings. The Hall–Kier alpha value is -3.13. The number of hydrogen-bond donors (Lipinski definition) is 2. The van der Waals surface area contributed by atoms with Crippen LogP contribution in [0, 0.1) is 0 Å². The van der Waals surface area contributed by atoms with Gasteiger partial charge < -0.3 is 25.0 Å². The highest BCUT2D eigenvalue weighted by Gasteiger charge is 2.12. The Morgan fingerprint density at radius 1 is 0.929 bits per heavy atom. The molecule has 0 atom stereocenters. The second-order valence-electron chi connectivity index (χ2n) is 6.25. The van der Waals surface area contributed by atoms with E-state index in [0.29, 0.717) is 25.4 Å².